The molecule has 0 aromatic rings. The van der Waals surface area contributed by atoms with Crippen molar-refractivity contribution in [3.8, 4) is 0 Å². The Labute approximate surface area is 313 Å². The van der Waals surface area contributed by atoms with Gasteiger partial charge in [0.25, 0.3) is 0 Å². The van der Waals surface area contributed by atoms with Gasteiger partial charge in [0.15, 0.2) is 6.29 Å². The molecule has 0 bridgehead atoms. The Kier molecular flexibility index (Phi) is 8.98. The Morgan fingerprint density at radius 1 is 0.942 bits per heavy atom. The lowest BCUT2D eigenvalue weighted by Crippen LogP contribution is -2.70. The van der Waals surface area contributed by atoms with E-state index in [4.69, 9.17) is 24.7 Å². The zero-order chi connectivity index (χ0) is 36.4. The average Bonchev–Trinajstić information content (AvgIpc) is 3.68. The van der Waals surface area contributed by atoms with Crippen molar-refractivity contribution in [3.05, 3.63) is 0 Å². The van der Waals surface area contributed by atoms with Crippen molar-refractivity contribution in [1.82, 2.24) is 14.7 Å². The van der Waals surface area contributed by atoms with E-state index < -0.39 is 11.6 Å². The van der Waals surface area contributed by atoms with Gasteiger partial charge in [0.05, 0.1) is 36.6 Å². The number of morpholine rings is 1. The van der Waals surface area contributed by atoms with E-state index in [0.29, 0.717) is 11.8 Å². The molecule has 52 heavy (non-hydrogen) atoms. The number of amides is 1. The number of nitrogens with two attached hydrogens (primary N) is 1. The molecule has 14 atom stereocenters. The summed E-state index contributed by atoms with van der Waals surface area (Å²) in [7, 11) is 0. The molecule has 1 amide bonds. The van der Waals surface area contributed by atoms with E-state index in [1.807, 2.05) is 0 Å². The van der Waals surface area contributed by atoms with Gasteiger partial charge in [-0.05, 0) is 129 Å². The van der Waals surface area contributed by atoms with Crippen LogP contribution in [0.4, 0.5) is 4.79 Å². The van der Waals surface area contributed by atoms with Crippen LogP contribution in [0.3, 0.4) is 0 Å². The van der Waals surface area contributed by atoms with Crippen LogP contribution in [0.1, 0.15) is 106 Å². The molecule has 4 aliphatic heterocycles. The van der Waals surface area contributed by atoms with Crippen LogP contribution in [0.2, 0.25) is 0 Å². The predicted octanol–water partition coefficient (Wildman–Crippen LogP) is 5.11. The summed E-state index contributed by atoms with van der Waals surface area (Å²) < 4.78 is 26.4. The fourth-order valence-electron chi connectivity index (χ4n) is 14.8. The molecule has 4 saturated heterocycles. The number of rotatable bonds is 8. The van der Waals surface area contributed by atoms with Gasteiger partial charge in [-0.2, -0.15) is 0 Å². The highest BCUT2D eigenvalue weighted by Crippen LogP contribution is 2.87. The standard InChI is InChI=1S/C42H70N4O6/c1-26(2)34(52-37(48)46-17-8-18-46)28-23-27(3)33-35(50-28)36(47)42(43)30-10-9-29-38(4,5)31(11-12-40(29)25-41(30,40)14-13-39(33,42)6)51-32-24-45(21-22-49-32)20-19-44-15-7-16-44/h26-36,47H,7-25,43H2,1-6H3/t27-,28?,29+,30?,31+,32?,33+,34-,35?,36+,39?,40?,41+,42+/m1/s1. The lowest BCUT2D eigenvalue weighted by molar-refractivity contribution is -0.246. The van der Waals surface area contributed by atoms with Crippen molar-refractivity contribution in [2.24, 2.45) is 57.0 Å². The number of hydrogen-bond donors (Lipinski definition) is 2. The van der Waals surface area contributed by atoms with Crippen LogP contribution in [0.5, 0.6) is 0 Å². The SMILES string of the molecule is CC(C)[C@@H](OC(=O)N1CCC1)C1C[C@@H](C)[C@H]2C(O1)[C@H](O)[C@@]1(N)C3CC[C@H]4C(C)(C)[C@@H](OC5CN(CCN6CCC6)CCO5)CCC45C[C@@]35CCC21C. The van der Waals surface area contributed by atoms with E-state index in [9.17, 15) is 9.90 Å². The molecule has 3 N–H and O–H groups in total. The van der Waals surface area contributed by atoms with Crippen molar-refractivity contribution in [2.45, 2.75) is 148 Å². The van der Waals surface area contributed by atoms with E-state index in [1.165, 1.54) is 38.8 Å². The number of carbonyl (C=O) groups excluding carboxylic acids is 1. The van der Waals surface area contributed by atoms with Gasteiger partial charge in [-0.15, -0.1) is 0 Å². The number of aliphatic hydroxyl groups is 1. The third-order valence-electron chi connectivity index (χ3n) is 17.7. The van der Waals surface area contributed by atoms with Gasteiger partial charge >= 0.3 is 6.09 Å². The number of aliphatic hydroxyl groups excluding tert-OH is 1. The third-order valence-corrected chi connectivity index (χ3v) is 17.7. The molecule has 6 unspecified atom stereocenters. The van der Waals surface area contributed by atoms with Gasteiger partial charge in [-0.1, -0.05) is 41.5 Å². The molecule has 4 heterocycles. The smallest absolute Gasteiger partial charge is 0.410 e. The lowest BCUT2D eigenvalue weighted by atomic mass is 9.43. The quantitative estimate of drug-likeness (QED) is 0.353. The number of ether oxygens (including phenoxy) is 4. The molecule has 5 aliphatic carbocycles. The summed E-state index contributed by atoms with van der Waals surface area (Å²) in [4.78, 5) is 19.9. The van der Waals surface area contributed by atoms with Gasteiger partial charge in [-0.3, -0.25) is 4.90 Å². The minimum atomic E-state index is -0.733. The molecule has 9 rings (SSSR count). The van der Waals surface area contributed by atoms with Gasteiger partial charge in [0.2, 0.25) is 0 Å². The van der Waals surface area contributed by atoms with E-state index in [0.717, 1.165) is 84.4 Å². The first-order chi connectivity index (χ1) is 24.7. The van der Waals surface area contributed by atoms with Crippen LogP contribution in [-0.2, 0) is 18.9 Å². The molecule has 9 aliphatic rings. The summed E-state index contributed by atoms with van der Waals surface area (Å²) in [6, 6.07) is 0. The summed E-state index contributed by atoms with van der Waals surface area (Å²) in [5.74, 6) is 1.49. The summed E-state index contributed by atoms with van der Waals surface area (Å²) >= 11 is 0. The van der Waals surface area contributed by atoms with Crippen LogP contribution in [0.15, 0.2) is 0 Å². The van der Waals surface area contributed by atoms with E-state index in [2.05, 4.69) is 51.3 Å². The summed E-state index contributed by atoms with van der Waals surface area (Å²) in [5.41, 5.74) is 7.50. The molecule has 0 aromatic heterocycles. The first-order valence-electron chi connectivity index (χ1n) is 21.5. The van der Waals surface area contributed by atoms with Crippen LogP contribution in [0, 0.1) is 51.2 Å². The van der Waals surface area contributed by atoms with Gasteiger partial charge in [-0.25, -0.2) is 4.79 Å². The molecule has 2 spiro atoms. The van der Waals surface area contributed by atoms with Crippen molar-refractivity contribution in [2.75, 3.05) is 59.0 Å². The lowest BCUT2D eigenvalue weighted by Gasteiger charge is -2.63. The Morgan fingerprint density at radius 2 is 1.65 bits per heavy atom. The molecule has 0 radical (unpaired) electrons. The second kappa shape index (κ2) is 12.8. The van der Waals surface area contributed by atoms with E-state index in [1.54, 1.807) is 4.90 Å². The zero-order valence-electron chi connectivity index (χ0n) is 33.2. The number of fused-ring (bicyclic) bond motifs is 4. The molecular weight excluding hydrogens is 656 g/mol. The molecule has 9 fully saturated rings. The monoisotopic (exact) mass is 727 g/mol. The van der Waals surface area contributed by atoms with Crippen LogP contribution < -0.4 is 5.73 Å². The Bertz CT molecular complexity index is 1370. The fraction of sp³-hybridized carbons (Fsp3) is 0.976. The molecule has 10 heteroatoms. The minimum Gasteiger partial charge on any atom is -0.443 e. The van der Waals surface area contributed by atoms with Gasteiger partial charge in [0, 0.05) is 39.3 Å². The average molecular weight is 727 g/mol. The van der Waals surface area contributed by atoms with Gasteiger partial charge in [0.1, 0.15) is 6.10 Å². The Morgan fingerprint density at radius 3 is 2.35 bits per heavy atom. The maximum atomic E-state index is 13.0. The first-order valence-corrected chi connectivity index (χ1v) is 21.5. The molecule has 294 valence electrons. The molecule has 0 aromatic carbocycles. The van der Waals surface area contributed by atoms with Crippen molar-refractivity contribution in [1.29, 1.82) is 0 Å². The summed E-state index contributed by atoms with van der Waals surface area (Å²) in [5, 5.41) is 12.6. The topological polar surface area (TPSA) is 110 Å². The third kappa shape index (κ3) is 5.15. The number of likely N-dealkylation sites (tertiary alicyclic amines) is 2. The highest BCUT2D eigenvalue weighted by atomic mass is 16.7. The second-order valence-electron chi connectivity index (χ2n) is 20.6. The second-order valence-corrected chi connectivity index (χ2v) is 20.6. The highest BCUT2D eigenvalue weighted by Gasteiger charge is 2.85. The van der Waals surface area contributed by atoms with Crippen molar-refractivity contribution < 1.29 is 28.8 Å². The molecule has 5 saturated carbocycles. The Balaban J connectivity index is 0.908. The summed E-state index contributed by atoms with van der Waals surface area (Å²) in [6.45, 7) is 22.9. The number of hydrogen-bond acceptors (Lipinski definition) is 9. The number of carbonyl (C=O) groups is 1. The van der Waals surface area contributed by atoms with Crippen LogP contribution in [0.25, 0.3) is 0 Å². The van der Waals surface area contributed by atoms with Gasteiger partial charge < -0.3 is 39.6 Å². The Hall–Kier alpha value is -1.01. The maximum absolute atomic E-state index is 13.0. The molecular formula is C42H70N4O6. The van der Waals surface area contributed by atoms with Crippen molar-refractivity contribution in [3.63, 3.8) is 0 Å². The minimum absolute atomic E-state index is 0.0466. The van der Waals surface area contributed by atoms with E-state index >= 15 is 0 Å². The summed E-state index contributed by atoms with van der Waals surface area (Å²) in [6.07, 6.45) is 9.35. The zero-order valence-corrected chi connectivity index (χ0v) is 33.2. The largest absolute Gasteiger partial charge is 0.443 e. The van der Waals surface area contributed by atoms with Crippen LogP contribution in [-0.4, -0.2) is 127 Å². The normalized spacial score (nSPS) is 50.1. The highest BCUT2D eigenvalue weighted by molar-refractivity contribution is 5.68. The number of nitrogens with zero attached hydrogens (tertiary/aromatic N) is 3. The predicted molar refractivity (Wildman–Crippen MR) is 198 cm³/mol. The van der Waals surface area contributed by atoms with Crippen LogP contribution >= 0.6 is 0 Å². The maximum Gasteiger partial charge on any atom is 0.410 e. The first kappa shape index (κ1) is 36.6. The fourth-order valence-corrected chi connectivity index (χ4v) is 14.8. The van der Waals surface area contributed by atoms with Crippen molar-refractivity contribution >= 4 is 6.09 Å². The molecule has 10 nitrogen and oxygen atoms in total. The van der Waals surface area contributed by atoms with E-state index in [-0.39, 0.29) is 76.2 Å².